The Morgan fingerprint density at radius 2 is 2.12 bits per heavy atom. The number of benzene rings is 1. The van der Waals surface area contributed by atoms with Gasteiger partial charge in [-0.15, -0.1) is 0 Å². The molecule has 0 saturated heterocycles. The molecule has 0 saturated carbocycles. The van der Waals surface area contributed by atoms with E-state index in [9.17, 15) is 4.79 Å². The van der Waals surface area contributed by atoms with Gasteiger partial charge in [0, 0.05) is 11.8 Å². The Balaban J connectivity index is 2.58. The first-order valence-corrected chi connectivity index (χ1v) is 6.13. The van der Waals surface area contributed by atoms with Crippen LogP contribution in [0.2, 0.25) is 0 Å². The van der Waals surface area contributed by atoms with Crippen LogP contribution in [-0.2, 0) is 6.42 Å². The van der Waals surface area contributed by atoms with Crippen molar-refractivity contribution in [2.45, 2.75) is 13.3 Å². The van der Waals surface area contributed by atoms with Gasteiger partial charge >= 0.3 is 0 Å². The molecule has 0 aliphatic heterocycles. The smallest absolute Gasteiger partial charge is 0.264 e. The summed E-state index contributed by atoms with van der Waals surface area (Å²) < 4.78 is 0.607. The Bertz CT molecular complexity index is 563. The maximum atomic E-state index is 11.5. The summed E-state index contributed by atoms with van der Waals surface area (Å²) in [5.41, 5.74) is 2.10. The van der Waals surface area contributed by atoms with Crippen molar-refractivity contribution >= 4 is 22.6 Å². The lowest BCUT2D eigenvalue weighted by Crippen LogP contribution is -2.11. The summed E-state index contributed by atoms with van der Waals surface area (Å²) in [5.74, 6) is 0.642. The second-order valence-electron chi connectivity index (χ2n) is 3.42. The minimum Gasteiger partial charge on any atom is -0.306 e. The third kappa shape index (κ3) is 2.16. The minimum atomic E-state index is -0.0866. The van der Waals surface area contributed by atoms with E-state index >= 15 is 0 Å². The van der Waals surface area contributed by atoms with E-state index in [-0.39, 0.29) is 5.56 Å². The molecule has 2 rings (SSSR count). The summed E-state index contributed by atoms with van der Waals surface area (Å²) in [4.78, 5) is 18.6. The molecule has 1 aromatic carbocycles. The van der Waals surface area contributed by atoms with Crippen LogP contribution >= 0.6 is 22.6 Å². The molecular formula is C12H11IN2O. The molecule has 0 atom stereocenters. The predicted molar refractivity (Wildman–Crippen MR) is 72.4 cm³/mol. The summed E-state index contributed by atoms with van der Waals surface area (Å²) in [6.07, 6.45) is 2.52. The van der Waals surface area contributed by atoms with Gasteiger partial charge in [0.05, 0.1) is 3.57 Å². The molecule has 4 heteroatoms. The summed E-state index contributed by atoms with van der Waals surface area (Å²) in [6.45, 7) is 2.09. The molecule has 0 aliphatic rings. The van der Waals surface area contributed by atoms with Crippen LogP contribution < -0.4 is 5.56 Å². The Hall–Kier alpha value is -1.17. The Morgan fingerprint density at radius 3 is 2.81 bits per heavy atom. The van der Waals surface area contributed by atoms with Crippen LogP contribution in [0.3, 0.4) is 0 Å². The second kappa shape index (κ2) is 4.78. The lowest BCUT2D eigenvalue weighted by Gasteiger charge is -2.06. The number of aromatic amines is 1. The quantitative estimate of drug-likeness (QED) is 0.863. The van der Waals surface area contributed by atoms with Crippen LogP contribution in [-0.4, -0.2) is 9.97 Å². The van der Waals surface area contributed by atoms with Crippen LogP contribution in [0.4, 0.5) is 0 Å². The number of nitrogens with one attached hydrogen (secondary N) is 1. The van der Waals surface area contributed by atoms with Crippen LogP contribution in [0.5, 0.6) is 0 Å². The molecule has 3 nitrogen and oxygen atoms in total. The fraction of sp³-hybridized carbons (Fsp3) is 0.167. The number of hydrogen-bond donors (Lipinski definition) is 1. The van der Waals surface area contributed by atoms with Crippen LogP contribution in [0.1, 0.15) is 12.5 Å². The zero-order valence-electron chi connectivity index (χ0n) is 8.83. The number of hydrogen-bond acceptors (Lipinski definition) is 2. The lowest BCUT2D eigenvalue weighted by molar-refractivity contribution is 1.08. The van der Waals surface area contributed by atoms with E-state index in [0.717, 1.165) is 12.0 Å². The van der Waals surface area contributed by atoms with Crippen molar-refractivity contribution in [3.8, 4) is 11.4 Å². The van der Waals surface area contributed by atoms with E-state index in [4.69, 9.17) is 0 Å². The second-order valence-corrected chi connectivity index (χ2v) is 4.58. The monoisotopic (exact) mass is 326 g/mol. The highest BCUT2D eigenvalue weighted by molar-refractivity contribution is 14.1. The van der Waals surface area contributed by atoms with E-state index in [1.807, 2.05) is 46.9 Å². The molecular weight excluding hydrogens is 315 g/mol. The number of halogens is 1. The molecule has 0 unspecified atom stereocenters. The first kappa shape index (κ1) is 11.3. The molecule has 16 heavy (non-hydrogen) atoms. The van der Waals surface area contributed by atoms with Crippen LogP contribution in [0.15, 0.2) is 35.3 Å². The predicted octanol–water partition coefficient (Wildman–Crippen LogP) is 2.60. The molecule has 1 heterocycles. The van der Waals surface area contributed by atoms with Gasteiger partial charge in [-0.25, -0.2) is 4.98 Å². The average Bonchev–Trinajstić information content (AvgIpc) is 2.32. The van der Waals surface area contributed by atoms with Crippen molar-refractivity contribution in [2.24, 2.45) is 0 Å². The first-order valence-electron chi connectivity index (χ1n) is 5.05. The zero-order valence-corrected chi connectivity index (χ0v) is 11.0. The van der Waals surface area contributed by atoms with Crippen molar-refractivity contribution in [2.75, 3.05) is 0 Å². The Morgan fingerprint density at radius 1 is 1.38 bits per heavy atom. The summed E-state index contributed by atoms with van der Waals surface area (Å²) in [7, 11) is 0. The number of aryl methyl sites for hydroxylation is 1. The van der Waals surface area contributed by atoms with Crippen LogP contribution in [0, 0.1) is 3.57 Å². The highest BCUT2D eigenvalue weighted by Gasteiger charge is 2.06. The first-order chi connectivity index (χ1) is 7.72. The largest absolute Gasteiger partial charge is 0.306 e. The van der Waals surface area contributed by atoms with E-state index in [1.165, 1.54) is 5.56 Å². The number of H-pyrrole nitrogens is 1. The molecule has 82 valence electrons. The van der Waals surface area contributed by atoms with Crippen molar-refractivity contribution in [1.82, 2.24) is 9.97 Å². The molecule has 1 N–H and O–H groups in total. The molecule has 0 bridgehead atoms. The van der Waals surface area contributed by atoms with Crippen molar-refractivity contribution in [1.29, 1.82) is 0 Å². The third-order valence-corrected chi connectivity index (χ3v) is 3.18. The number of rotatable bonds is 2. The molecule has 0 spiro atoms. The fourth-order valence-electron chi connectivity index (χ4n) is 1.58. The van der Waals surface area contributed by atoms with Gasteiger partial charge < -0.3 is 4.98 Å². The summed E-state index contributed by atoms with van der Waals surface area (Å²) in [6, 6.07) is 7.97. The molecule has 2 aromatic rings. The topological polar surface area (TPSA) is 45.8 Å². The van der Waals surface area contributed by atoms with Crippen LogP contribution in [0.25, 0.3) is 11.4 Å². The van der Waals surface area contributed by atoms with Crippen molar-refractivity contribution in [3.63, 3.8) is 0 Å². The van der Waals surface area contributed by atoms with E-state index < -0.39 is 0 Å². The third-order valence-electron chi connectivity index (χ3n) is 2.41. The highest BCUT2D eigenvalue weighted by Crippen LogP contribution is 2.19. The van der Waals surface area contributed by atoms with Gasteiger partial charge in [-0.05, 0) is 34.6 Å². The molecule has 0 radical (unpaired) electrons. The van der Waals surface area contributed by atoms with Gasteiger partial charge in [-0.2, -0.15) is 0 Å². The molecule has 0 fully saturated rings. The normalized spacial score (nSPS) is 10.4. The highest BCUT2D eigenvalue weighted by atomic mass is 127. The van der Waals surface area contributed by atoms with Gasteiger partial charge in [-0.3, -0.25) is 4.79 Å². The summed E-state index contributed by atoms with van der Waals surface area (Å²) >= 11 is 1.97. The Kier molecular flexibility index (Phi) is 3.38. The van der Waals surface area contributed by atoms with E-state index in [2.05, 4.69) is 16.9 Å². The Labute approximate surface area is 107 Å². The van der Waals surface area contributed by atoms with Crippen molar-refractivity contribution in [3.05, 3.63) is 49.9 Å². The zero-order chi connectivity index (χ0) is 11.5. The summed E-state index contributed by atoms with van der Waals surface area (Å²) in [5, 5.41) is 0. The lowest BCUT2D eigenvalue weighted by atomic mass is 10.1. The number of nitrogens with zero attached hydrogens (tertiary/aromatic N) is 1. The SMILES string of the molecule is CCc1ccccc1-c1ncc(I)c(=O)[nH]1. The van der Waals surface area contributed by atoms with E-state index in [0.29, 0.717) is 9.39 Å². The minimum absolute atomic E-state index is 0.0866. The maximum Gasteiger partial charge on any atom is 0.264 e. The van der Waals surface area contributed by atoms with Crippen molar-refractivity contribution < 1.29 is 0 Å². The number of aromatic nitrogens is 2. The maximum absolute atomic E-state index is 11.5. The molecule has 1 aromatic heterocycles. The standard InChI is InChI=1S/C12H11IN2O/c1-2-8-5-3-4-6-9(8)11-14-7-10(13)12(16)15-11/h3-7H,2H2,1H3,(H,14,15,16). The van der Waals surface area contributed by atoms with Gasteiger partial charge in [0.1, 0.15) is 5.82 Å². The van der Waals surface area contributed by atoms with Gasteiger partial charge in [0.15, 0.2) is 0 Å². The van der Waals surface area contributed by atoms with Gasteiger partial charge in [0.2, 0.25) is 0 Å². The molecule has 0 aliphatic carbocycles. The van der Waals surface area contributed by atoms with E-state index in [1.54, 1.807) is 6.20 Å². The fourth-order valence-corrected chi connectivity index (χ4v) is 1.85. The van der Waals surface area contributed by atoms with Gasteiger partial charge in [-0.1, -0.05) is 31.2 Å². The van der Waals surface area contributed by atoms with Gasteiger partial charge in [0.25, 0.3) is 5.56 Å². The average molecular weight is 326 g/mol. The molecule has 0 amide bonds.